The molecule has 0 saturated heterocycles. The summed E-state index contributed by atoms with van der Waals surface area (Å²) in [6.45, 7) is 4.64. The first-order valence-corrected chi connectivity index (χ1v) is 8.61. The Hall–Kier alpha value is -3.39. The molecule has 3 aromatic rings. The van der Waals surface area contributed by atoms with Crippen LogP contribution >= 0.6 is 0 Å². The van der Waals surface area contributed by atoms with Crippen LogP contribution in [0.1, 0.15) is 5.56 Å². The van der Waals surface area contributed by atoms with Crippen LogP contribution in [0.25, 0.3) is 11.0 Å². The molecule has 0 aliphatic rings. The van der Waals surface area contributed by atoms with Crippen LogP contribution in [0.3, 0.4) is 0 Å². The lowest BCUT2D eigenvalue weighted by molar-refractivity contribution is -0.159. The molecule has 148 valence electrons. The maximum atomic E-state index is 9.10. The second kappa shape index (κ2) is 10.7. The van der Waals surface area contributed by atoms with Gasteiger partial charge in [-0.1, -0.05) is 30.3 Å². The molecule has 0 unspecified atom stereocenters. The number of imidazole rings is 1. The number of carbonyl (C=O) groups is 2. The molecule has 8 heteroatoms. The molecule has 0 fully saturated rings. The third-order valence-electron chi connectivity index (χ3n) is 3.77. The van der Waals surface area contributed by atoms with Gasteiger partial charge in [-0.15, -0.1) is 0 Å². The van der Waals surface area contributed by atoms with Crippen LogP contribution in [0, 0.1) is 6.92 Å². The molecule has 0 bridgehead atoms. The van der Waals surface area contributed by atoms with Crippen molar-refractivity contribution in [1.29, 1.82) is 0 Å². The monoisotopic (exact) mass is 386 g/mol. The van der Waals surface area contributed by atoms with E-state index >= 15 is 0 Å². The molecule has 1 heterocycles. The summed E-state index contributed by atoms with van der Waals surface area (Å²) in [4.78, 5) is 22.6. The van der Waals surface area contributed by atoms with Gasteiger partial charge in [0.2, 0.25) is 0 Å². The van der Waals surface area contributed by atoms with Crippen molar-refractivity contribution in [2.75, 3.05) is 19.8 Å². The number of aliphatic carboxylic acids is 2. The zero-order chi connectivity index (χ0) is 20.4. The molecule has 0 radical (unpaired) electrons. The van der Waals surface area contributed by atoms with Gasteiger partial charge in [-0.05, 0) is 30.7 Å². The zero-order valence-corrected chi connectivity index (χ0v) is 15.4. The summed E-state index contributed by atoms with van der Waals surface area (Å²) in [7, 11) is 0. The van der Waals surface area contributed by atoms with E-state index in [0.717, 1.165) is 28.9 Å². The fourth-order valence-electron chi connectivity index (χ4n) is 2.38. The summed E-state index contributed by atoms with van der Waals surface area (Å²) < 4.78 is 13.5. The minimum Gasteiger partial charge on any atom is -0.491 e. The lowest BCUT2D eigenvalue weighted by Crippen LogP contribution is -2.11. The molecule has 2 aromatic carbocycles. The van der Waals surface area contributed by atoms with Crippen molar-refractivity contribution in [3.63, 3.8) is 0 Å². The standard InChI is InChI=1S/C18H20N2O2.C2H2O4/c1-15-6-2-5-9-18(15)22-13-12-21-11-10-20-14-19-16-7-3-4-8-17(16)20;3-1(4)2(5)6/h2-9,14H,10-13H2,1H3;(H,3,4)(H,5,6). The third-order valence-corrected chi connectivity index (χ3v) is 3.77. The predicted octanol–water partition coefficient (Wildman–Crippen LogP) is 2.60. The number of aryl methyl sites for hydroxylation is 1. The van der Waals surface area contributed by atoms with Gasteiger partial charge in [0.05, 0.1) is 30.6 Å². The first-order valence-electron chi connectivity index (χ1n) is 8.61. The van der Waals surface area contributed by atoms with Gasteiger partial charge >= 0.3 is 11.9 Å². The lowest BCUT2D eigenvalue weighted by Gasteiger charge is -2.09. The molecule has 0 saturated carbocycles. The number of hydrogen-bond acceptors (Lipinski definition) is 5. The Bertz CT molecular complexity index is 910. The van der Waals surface area contributed by atoms with Gasteiger partial charge in [0.1, 0.15) is 12.4 Å². The first-order chi connectivity index (χ1) is 13.5. The molecule has 8 nitrogen and oxygen atoms in total. The van der Waals surface area contributed by atoms with Crippen LogP contribution < -0.4 is 4.74 Å². The van der Waals surface area contributed by atoms with Crippen molar-refractivity contribution in [2.24, 2.45) is 0 Å². The molecule has 1 aromatic heterocycles. The summed E-state index contributed by atoms with van der Waals surface area (Å²) >= 11 is 0. The number of rotatable bonds is 7. The number of hydrogen-bond donors (Lipinski definition) is 2. The number of aromatic nitrogens is 2. The van der Waals surface area contributed by atoms with Gasteiger partial charge in [0, 0.05) is 6.54 Å². The zero-order valence-electron chi connectivity index (χ0n) is 15.4. The van der Waals surface area contributed by atoms with Crippen LogP contribution in [0.4, 0.5) is 0 Å². The number of benzene rings is 2. The maximum Gasteiger partial charge on any atom is 0.414 e. The number of carboxylic acids is 2. The van der Waals surface area contributed by atoms with Crippen molar-refractivity contribution in [3.8, 4) is 5.75 Å². The summed E-state index contributed by atoms with van der Waals surface area (Å²) in [6, 6.07) is 16.1. The van der Waals surface area contributed by atoms with E-state index in [1.54, 1.807) is 0 Å². The van der Waals surface area contributed by atoms with Gasteiger partial charge < -0.3 is 24.3 Å². The second-order valence-corrected chi connectivity index (χ2v) is 5.76. The largest absolute Gasteiger partial charge is 0.491 e. The highest BCUT2D eigenvalue weighted by atomic mass is 16.5. The molecule has 3 rings (SSSR count). The molecule has 0 atom stereocenters. The van der Waals surface area contributed by atoms with E-state index in [-0.39, 0.29) is 0 Å². The molecule has 0 spiro atoms. The lowest BCUT2D eigenvalue weighted by atomic mass is 10.2. The summed E-state index contributed by atoms with van der Waals surface area (Å²) in [5.74, 6) is -2.73. The highest BCUT2D eigenvalue weighted by molar-refractivity contribution is 6.27. The molecular formula is C20H22N2O6. The smallest absolute Gasteiger partial charge is 0.414 e. The highest BCUT2D eigenvalue weighted by Crippen LogP contribution is 2.15. The number of ether oxygens (including phenoxy) is 2. The quantitative estimate of drug-likeness (QED) is 0.474. The maximum absolute atomic E-state index is 9.10. The Morgan fingerprint density at radius 1 is 0.964 bits per heavy atom. The van der Waals surface area contributed by atoms with Crippen molar-refractivity contribution in [1.82, 2.24) is 9.55 Å². The Balaban J connectivity index is 0.000000409. The second-order valence-electron chi connectivity index (χ2n) is 5.76. The normalized spacial score (nSPS) is 10.2. The van der Waals surface area contributed by atoms with Crippen LogP contribution in [0.2, 0.25) is 0 Å². The topological polar surface area (TPSA) is 111 Å². The van der Waals surface area contributed by atoms with Gasteiger partial charge in [-0.25, -0.2) is 14.6 Å². The van der Waals surface area contributed by atoms with E-state index < -0.39 is 11.9 Å². The number of para-hydroxylation sites is 3. The summed E-state index contributed by atoms with van der Waals surface area (Å²) in [5.41, 5.74) is 3.31. The van der Waals surface area contributed by atoms with Crippen LogP contribution in [0.5, 0.6) is 5.75 Å². The average Bonchev–Trinajstić information content (AvgIpc) is 3.09. The average molecular weight is 386 g/mol. The van der Waals surface area contributed by atoms with Crippen molar-refractivity contribution >= 4 is 23.0 Å². The number of nitrogens with zero attached hydrogens (tertiary/aromatic N) is 2. The molecular weight excluding hydrogens is 364 g/mol. The van der Waals surface area contributed by atoms with Crippen molar-refractivity contribution in [3.05, 3.63) is 60.4 Å². The Morgan fingerprint density at radius 2 is 1.64 bits per heavy atom. The van der Waals surface area contributed by atoms with Gasteiger partial charge in [0.15, 0.2) is 0 Å². The van der Waals surface area contributed by atoms with Crippen LogP contribution in [-0.2, 0) is 20.9 Å². The van der Waals surface area contributed by atoms with Crippen molar-refractivity contribution in [2.45, 2.75) is 13.5 Å². The fraction of sp³-hybridized carbons (Fsp3) is 0.250. The van der Waals surface area contributed by atoms with E-state index in [4.69, 9.17) is 29.3 Å². The fourth-order valence-corrected chi connectivity index (χ4v) is 2.38. The number of carboxylic acid groups (broad SMARTS) is 2. The molecule has 0 amide bonds. The molecule has 0 aliphatic heterocycles. The van der Waals surface area contributed by atoms with Crippen LogP contribution in [-0.4, -0.2) is 51.5 Å². The minimum atomic E-state index is -1.82. The number of fused-ring (bicyclic) bond motifs is 1. The summed E-state index contributed by atoms with van der Waals surface area (Å²) in [6.07, 6.45) is 1.86. The van der Waals surface area contributed by atoms with E-state index in [2.05, 4.69) is 15.6 Å². The highest BCUT2D eigenvalue weighted by Gasteiger charge is 2.04. The predicted molar refractivity (Wildman–Crippen MR) is 102 cm³/mol. The summed E-state index contributed by atoms with van der Waals surface area (Å²) in [5, 5.41) is 14.8. The minimum absolute atomic E-state index is 0.565. The van der Waals surface area contributed by atoms with Gasteiger partial charge in [0.25, 0.3) is 0 Å². The Labute approximate surface area is 162 Å². The SMILES string of the molecule is Cc1ccccc1OCCOCCn1cnc2ccccc21.O=C(O)C(=O)O. The van der Waals surface area contributed by atoms with Gasteiger partial charge in [-0.3, -0.25) is 0 Å². The van der Waals surface area contributed by atoms with E-state index in [1.165, 1.54) is 0 Å². The third kappa shape index (κ3) is 6.40. The first kappa shape index (κ1) is 20.9. The molecule has 0 aliphatic carbocycles. The van der Waals surface area contributed by atoms with Crippen molar-refractivity contribution < 1.29 is 29.3 Å². The van der Waals surface area contributed by atoms with E-state index in [9.17, 15) is 0 Å². The van der Waals surface area contributed by atoms with Crippen LogP contribution in [0.15, 0.2) is 54.9 Å². The Kier molecular flexibility index (Phi) is 7.98. The van der Waals surface area contributed by atoms with Gasteiger partial charge in [-0.2, -0.15) is 0 Å². The molecule has 2 N–H and O–H groups in total. The van der Waals surface area contributed by atoms with E-state index in [1.807, 2.05) is 55.7 Å². The molecule has 28 heavy (non-hydrogen) atoms. The van der Waals surface area contributed by atoms with E-state index in [0.29, 0.717) is 19.8 Å². The Morgan fingerprint density at radius 3 is 2.36 bits per heavy atom.